The minimum atomic E-state index is -2.66. The molecule has 0 bridgehead atoms. The third-order valence-electron chi connectivity index (χ3n) is 3.98. The van der Waals surface area contributed by atoms with Crippen LogP contribution in [0.4, 0.5) is 8.78 Å². The molecule has 0 fully saturated rings. The number of alkyl halides is 2. The molecule has 1 aromatic heterocycles. The van der Waals surface area contributed by atoms with Crippen molar-refractivity contribution in [2.24, 2.45) is 0 Å². The van der Waals surface area contributed by atoms with Gasteiger partial charge in [-0.3, -0.25) is 4.68 Å². The van der Waals surface area contributed by atoms with E-state index in [9.17, 15) is 8.78 Å². The van der Waals surface area contributed by atoms with Gasteiger partial charge in [0.05, 0.1) is 26.3 Å². The molecule has 1 heterocycles. The van der Waals surface area contributed by atoms with Crippen LogP contribution in [0.3, 0.4) is 0 Å². The highest BCUT2D eigenvalue weighted by Gasteiger charge is 2.46. The Kier molecular flexibility index (Phi) is 3.00. The second-order valence-electron chi connectivity index (χ2n) is 5.21. The van der Waals surface area contributed by atoms with Crippen molar-refractivity contribution in [1.29, 1.82) is 0 Å². The van der Waals surface area contributed by atoms with E-state index in [1.807, 2.05) is 24.3 Å². The third-order valence-corrected chi connectivity index (χ3v) is 3.98. The molecule has 0 saturated carbocycles. The molecule has 5 heteroatoms. The summed E-state index contributed by atoms with van der Waals surface area (Å²) in [5, 5.41) is 4.24. The number of nitrogens with zero attached hydrogens (tertiary/aromatic N) is 2. The highest BCUT2D eigenvalue weighted by molar-refractivity contribution is 5.33. The SMILES string of the molecule is COc1ccc(Cn2ncc3c2CC(F)(F)[C@H]3C)cc1. The Morgan fingerprint density at radius 3 is 2.70 bits per heavy atom. The van der Waals surface area contributed by atoms with Gasteiger partial charge in [0.1, 0.15) is 5.75 Å². The van der Waals surface area contributed by atoms with E-state index in [1.54, 1.807) is 24.9 Å². The van der Waals surface area contributed by atoms with Crippen LogP contribution in [0.15, 0.2) is 30.5 Å². The smallest absolute Gasteiger partial charge is 0.260 e. The Morgan fingerprint density at radius 2 is 2.05 bits per heavy atom. The van der Waals surface area contributed by atoms with Crippen molar-refractivity contribution in [3.8, 4) is 5.75 Å². The Morgan fingerprint density at radius 1 is 1.35 bits per heavy atom. The van der Waals surface area contributed by atoms with Gasteiger partial charge in [-0.15, -0.1) is 0 Å². The predicted octanol–water partition coefficient (Wildman–Crippen LogP) is 3.23. The van der Waals surface area contributed by atoms with Crippen LogP contribution < -0.4 is 4.74 Å². The van der Waals surface area contributed by atoms with Gasteiger partial charge in [-0.25, -0.2) is 8.78 Å². The molecule has 0 spiro atoms. The summed E-state index contributed by atoms with van der Waals surface area (Å²) in [6, 6.07) is 7.55. The largest absolute Gasteiger partial charge is 0.497 e. The maximum atomic E-state index is 13.7. The number of aromatic nitrogens is 2. The number of hydrogen-bond acceptors (Lipinski definition) is 2. The van der Waals surface area contributed by atoms with Gasteiger partial charge in [0.25, 0.3) is 5.92 Å². The summed E-state index contributed by atoms with van der Waals surface area (Å²) in [4.78, 5) is 0. The molecule has 0 unspecified atom stereocenters. The lowest BCUT2D eigenvalue weighted by Crippen LogP contribution is -2.21. The van der Waals surface area contributed by atoms with Gasteiger partial charge >= 0.3 is 0 Å². The van der Waals surface area contributed by atoms with E-state index in [0.29, 0.717) is 17.8 Å². The van der Waals surface area contributed by atoms with E-state index in [4.69, 9.17) is 4.74 Å². The Hall–Kier alpha value is -1.91. The standard InChI is InChI=1S/C15H16F2N2O/c1-10-13-8-18-19(14(13)7-15(10,16)17)9-11-3-5-12(20-2)6-4-11/h3-6,8,10H,7,9H2,1-2H3/t10-/m0/s1. The van der Waals surface area contributed by atoms with Crippen LogP contribution in [0, 0.1) is 0 Å². The maximum absolute atomic E-state index is 13.7. The lowest BCUT2D eigenvalue weighted by atomic mass is 10.0. The van der Waals surface area contributed by atoms with E-state index in [0.717, 1.165) is 11.3 Å². The number of methoxy groups -OCH3 is 1. The maximum Gasteiger partial charge on any atom is 0.260 e. The van der Waals surface area contributed by atoms with Crippen LogP contribution in [0.5, 0.6) is 5.75 Å². The molecule has 3 nitrogen and oxygen atoms in total. The minimum Gasteiger partial charge on any atom is -0.497 e. The molecule has 0 saturated heterocycles. The van der Waals surface area contributed by atoms with Crippen molar-refractivity contribution >= 4 is 0 Å². The van der Waals surface area contributed by atoms with Crippen LogP contribution >= 0.6 is 0 Å². The number of ether oxygens (including phenoxy) is 1. The van der Waals surface area contributed by atoms with Crippen molar-refractivity contribution in [1.82, 2.24) is 9.78 Å². The zero-order valence-corrected chi connectivity index (χ0v) is 11.4. The fourth-order valence-corrected chi connectivity index (χ4v) is 2.62. The van der Waals surface area contributed by atoms with E-state index in [2.05, 4.69) is 5.10 Å². The molecule has 106 valence electrons. The van der Waals surface area contributed by atoms with Gasteiger partial charge < -0.3 is 4.74 Å². The molecule has 1 aliphatic rings. The van der Waals surface area contributed by atoms with Crippen molar-refractivity contribution in [3.63, 3.8) is 0 Å². The van der Waals surface area contributed by atoms with Crippen molar-refractivity contribution in [3.05, 3.63) is 47.3 Å². The van der Waals surface area contributed by atoms with Crippen molar-refractivity contribution in [2.75, 3.05) is 7.11 Å². The molecule has 0 aliphatic heterocycles. The predicted molar refractivity (Wildman–Crippen MR) is 71.4 cm³/mol. The van der Waals surface area contributed by atoms with Crippen LogP contribution in [0.2, 0.25) is 0 Å². The quantitative estimate of drug-likeness (QED) is 0.862. The summed E-state index contributed by atoms with van der Waals surface area (Å²) < 4.78 is 34.2. The van der Waals surface area contributed by atoms with Gasteiger partial charge in [0.2, 0.25) is 0 Å². The van der Waals surface area contributed by atoms with Crippen LogP contribution in [0.25, 0.3) is 0 Å². The lowest BCUT2D eigenvalue weighted by molar-refractivity contribution is -0.0112. The summed E-state index contributed by atoms with van der Waals surface area (Å²) in [6.07, 6.45) is 1.35. The molecule has 1 aromatic carbocycles. The van der Waals surface area contributed by atoms with Crippen LogP contribution in [0.1, 0.15) is 29.7 Å². The summed E-state index contributed by atoms with van der Waals surface area (Å²) >= 11 is 0. The molecular weight excluding hydrogens is 262 g/mol. The minimum absolute atomic E-state index is 0.223. The van der Waals surface area contributed by atoms with Crippen molar-refractivity contribution < 1.29 is 13.5 Å². The second kappa shape index (κ2) is 4.58. The monoisotopic (exact) mass is 278 g/mol. The molecule has 1 aliphatic carbocycles. The first kappa shape index (κ1) is 13.1. The van der Waals surface area contributed by atoms with E-state index in [1.165, 1.54) is 0 Å². The average Bonchev–Trinajstić information content (AvgIpc) is 2.90. The van der Waals surface area contributed by atoms with E-state index in [-0.39, 0.29) is 6.42 Å². The van der Waals surface area contributed by atoms with Crippen molar-refractivity contribution in [2.45, 2.75) is 31.7 Å². The number of rotatable bonds is 3. The first-order chi connectivity index (χ1) is 9.51. The molecule has 3 rings (SSSR count). The van der Waals surface area contributed by atoms with Gasteiger partial charge in [-0.1, -0.05) is 19.1 Å². The van der Waals surface area contributed by atoms with Crippen LogP contribution in [-0.2, 0) is 13.0 Å². The van der Waals surface area contributed by atoms with E-state index >= 15 is 0 Å². The number of benzene rings is 1. The number of fused-ring (bicyclic) bond motifs is 1. The molecule has 0 radical (unpaired) electrons. The Bertz CT molecular complexity index is 619. The van der Waals surface area contributed by atoms with Gasteiger partial charge in [-0.05, 0) is 17.7 Å². The first-order valence-corrected chi connectivity index (χ1v) is 6.56. The average molecular weight is 278 g/mol. The lowest BCUT2D eigenvalue weighted by Gasteiger charge is -2.14. The zero-order valence-electron chi connectivity index (χ0n) is 11.4. The number of hydrogen-bond donors (Lipinski definition) is 0. The van der Waals surface area contributed by atoms with Gasteiger partial charge in [-0.2, -0.15) is 5.10 Å². The van der Waals surface area contributed by atoms with Gasteiger partial charge in [0, 0.05) is 17.2 Å². The molecule has 0 amide bonds. The molecule has 0 N–H and O–H groups in total. The number of halogens is 2. The van der Waals surface area contributed by atoms with Crippen LogP contribution in [-0.4, -0.2) is 22.8 Å². The third kappa shape index (κ3) is 2.07. The Balaban J connectivity index is 1.85. The highest BCUT2D eigenvalue weighted by Crippen LogP contribution is 2.44. The Labute approximate surface area is 116 Å². The zero-order chi connectivity index (χ0) is 14.3. The topological polar surface area (TPSA) is 27.1 Å². The molecule has 1 atom stereocenters. The van der Waals surface area contributed by atoms with Gasteiger partial charge in [0.15, 0.2) is 0 Å². The first-order valence-electron chi connectivity index (χ1n) is 6.56. The summed E-state index contributed by atoms with van der Waals surface area (Å²) in [5.74, 6) is -2.63. The molecular formula is C15H16F2N2O. The fraction of sp³-hybridized carbons (Fsp3) is 0.400. The normalized spacial score (nSPS) is 19.9. The fourth-order valence-electron chi connectivity index (χ4n) is 2.62. The highest BCUT2D eigenvalue weighted by atomic mass is 19.3. The second-order valence-corrected chi connectivity index (χ2v) is 5.21. The molecule has 2 aromatic rings. The summed E-state index contributed by atoms with van der Waals surface area (Å²) in [5.41, 5.74) is 2.33. The molecule has 20 heavy (non-hydrogen) atoms. The summed E-state index contributed by atoms with van der Waals surface area (Å²) in [7, 11) is 1.61. The summed E-state index contributed by atoms with van der Waals surface area (Å²) in [6.45, 7) is 2.06. The van der Waals surface area contributed by atoms with E-state index < -0.39 is 11.8 Å².